The van der Waals surface area contributed by atoms with Crippen LogP contribution in [0.25, 0.3) is 0 Å². The van der Waals surface area contributed by atoms with Crippen molar-refractivity contribution >= 4 is 5.91 Å². The van der Waals surface area contributed by atoms with Gasteiger partial charge in [0.2, 0.25) is 0 Å². The Bertz CT molecular complexity index is 687. The molecule has 2 aromatic rings. The SMILES string of the molecule is O=C(c1ccccc1)N1CC[C@@H](CN2CCC[C@@H](c3ncn[nH]3)C2)C1. The van der Waals surface area contributed by atoms with Crippen LogP contribution in [-0.2, 0) is 0 Å². The Morgan fingerprint density at radius 1 is 1.16 bits per heavy atom. The lowest BCUT2D eigenvalue weighted by Gasteiger charge is -2.33. The molecule has 1 amide bonds. The predicted octanol–water partition coefficient (Wildman–Crippen LogP) is 2.15. The van der Waals surface area contributed by atoms with E-state index < -0.39 is 0 Å². The van der Waals surface area contributed by atoms with Gasteiger partial charge in [0.1, 0.15) is 12.2 Å². The lowest BCUT2D eigenvalue weighted by atomic mass is 9.96. The van der Waals surface area contributed by atoms with Gasteiger partial charge in [0, 0.05) is 37.7 Å². The third kappa shape index (κ3) is 3.74. The van der Waals surface area contributed by atoms with Crippen LogP contribution in [0.15, 0.2) is 36.7 Å². The topological polar surface area (TPSA) is 65.1 Å². The maximum atomic E-state index is 12.6. The number of aromatic amines is 1. The summed E-state index contributed by atoms with van der Waals surface area (Å²) in [7, 11) is 0. The summed E-state index contributed by atoms with van der Waals surface area (Å²) < 4.78 is 0. The number of carbonyl (C=O) groups is 1. The van der Waals surface area contributed by atoms with E-state index in [9.17, 15) is 4.79 Å². The minimum absolute atomic E-state index is 0.168. The van der Waals surface area contributed by atoms with Gasteiger partial charge >= 0.3 is 0 Å². The van der Waals surface area contributed by atoms with E-state index in [4.69, 9.17) is 0 Å². The zero-order chi connectivity index (χ0) is 17.1. The van der Waals surface area contributed by atoms with E-state index in [1.807, 2.05) is 35.2 Å². The second kappa shape index (κ2) is 7.35. The largest absolute Gasteiger partial charge is 0.338 e. The van der Waals surface area contributed by atoms with Crippen molar-refractivity contribution in [3.05, 3.63) is 48.0 Å². The van der Waals surface area contributed by atoms with Gasteiger partial charge in [0.05, 0.1) is 0 Å². The summed E-state index contributed by atoms with van der Waals surface area (Å²) in [5.41, 5.74) is 0.798. The van der Waals surface area contributed by atoms with Crippen molar-refractivity contribution in [3.63, 3.8) is 0 Å². The highest BCUT2D eigenvalue weighted by molar-refractivity contribution is 5.94. The van der Waals surface area contributed by atoms with E-state index in [-0.39, 0.29) is 5.91 Å². The van der Waals surface area contributed by atoms with Gasteiger partial charge in [-0.25, -0.2) is 4.98 Å². The average Bonchev–Trinajstić information content (AvgIpc) is 3.34. The van der Waals surface area contributed by atoms with Gasteiger partial charge in [-0.1, -0.05) is 18.2 Å². The standard InChI is InChI=1S/C19H25N5O/c25-19(16-5-2-1-3-6-16)24-10-8-15(12-24)11-23-9-4-7-17(13-23)18-20-14-21-22-18/h1-3,5-6,14-15,17H,4,7-13H2,(H,20,21,22)/t15-,17+/m0/s1. The van der Waals surface area contributed by atoms with E-state index in [0.717, 1.165) is 50.5 Å². The molecule has 0 spiro atoms. The van der Waals surface area contributed by atoms with Crippen LogP contribution < -0.4 is 0 Å². The predicted molar refractivity (Wildman–Crippen MR) is 95.3 cm³/mol. The molecule has 25 heavy (non-hydrogen) atoms. The van der Waals surface area contributed by atoms with Crippen molar-refractivity contribution in [2.24, 2.45) is 5.92 Å². The summed E-state index contributed by atoms with van der Waals surface area (Å²) in [6.07, 6.45) is 5.07. The average molecular weight is 339 g/mol. The van der Waals surface area contributed by atoms with E-state index in [1.165, 1.54) is 12.8 Å². The Balaban J connectivity index is 1.31. The highest BCUT2D eigenvalue weighted by atomic mass is 16.2. The van der Waals surface area contributed by atoms with Gasteiger partial charge in [-0.2, -0.15) is 5.10 Å². The van der Waals surface area contributed by atoms with Crippen LogP contribution in [-0.4, -0.2) is 63.6 Å². The summed E-state index contributed by atoms with van der Waals surface area (Å²) in [6.45, 7) is 5.00. The second-order valence-electron chi connectivity index (χ2n) is 7.24. The molecule has 2 saturated heterocycles. The van der Waals surface area contributed by atoms with Crippen LogP contribution in [0.2, 0.25) is 0 Å². The van der Waals surface area contributed by atoms with E-state index in [0.29, 0.717) is 11.8 Å². The summed E-state index contributed by atoms with van der Waals surface area (Å²) >= 11 is 0. The number of amides is 1. The van der Waals surface area contributed by atoms with Crippen molar-refractivity contribution < 1.29 is 4.79 Å². The molecule has 4 rings (SSSR count). The smallest absolute Gasteiger partial charge is 0.253 e. The Morgan fingerprint density at radius 2 is 2.04 bits per heavy atom. The summed E-state index contributed by atoms with van der Waals surface area (Å²) in [5, 5.41) is 7.01. The lowest BCUT2D eigenvalue weighted by Crippen LogP contribution is -2.39. The molecule has 0 radical (unpaired) electrons. The first kappa shape index (κ1) is 16.3. The van der Waals surface area contributed by atoms with Crippen LogP contribution in [0.4, 0.5) is 0 Å². The zero-order valence-corrected chi connectivity index (χ0v) is 14.5. The maximum Gasteiger partial charge on any atom is 0.253 e. The molecule has 2 aliphatic heterocycles. The number of piperidine rings is 1. The Kier molecular flexibility index (Phi) is 4.78. The van der Waals surface area contributed by atoms with Gasteiger partial charge in [-0.05, 0) is 43.9 Å². The van der Waals surface area contributed by atoms with E-state index in [1.54, 1.807) is 6.33 Å². The fraction of sp³-hybridized carbons (Fsp3) is 0.526. The molecule has 0 aliphatic carbocycles. The highest BCUT2D eigenvalue weighted by Crippen LogP contribution is 2.26. The molecule has 132 valence electrons. The van der Waals surface area contributed by atoms with Crippen LogP contribution in [0.3, 0.4) is 0 Å². The quantitative estimate of drug-likeness (QED) is 0.927. The first-order chi connectivity index (χ1) is 12.3. The van der Waals surface area contributed by atoms with Crippen molar-refractivity contribution in [1.29, 1.82) is 0 Å². The number of rotatable bonds is 4. The molecule has 6 heteroatoms. The Hall–Kier alpha value is -2.21. The van der Waals surface area contributed by atoms with Crippen LogP contribution in [0, 0.1) is 5.92 Å². The molecule has 1 N–H and O–H groups in total. The molecule has 1 aromatic heterocycles. The van der Waals surface area contributed by atoms with Crippen molar-refractivity contribution in [3.8, 4) is 0 Å². The van der Waals surface area contributed by atoms with Gasteiger partial charge in [0.25, 0.3) is 5.91 Å². The molecule has 2 aliphatic rings. The third-order valence-corrected chi connectivity index (χ3v) is 5.44. The summed E-state index contributed by atoms with van der Waals surface area (Å²) in [5.74, 6) is 2.21. The number of nitrogens with one attached hydrogen (secondary N) is 1. The molecule has 1 aromatic carbocycles. The Morgan fingerprint density at radius 3 is 2.84 bits per heavy atom. The summed E-state index contributed by atoms with van der Waals surface area (Å²) in [6, 6.07) is 9.62. The van der Waals surface area contributed by atoms with Gasteiger partial charge in [0.15, 0.2) is 0 Å². The zero-order valence-electron chi connectivity index (χ0n) is 14.5. The van der Waals surface area contributed by atoms with Gasteiger partial charge < -0.3 is 9.80 Å². The van der Waals surface area contributed by atoms with Crippen molar-refractivity contribution in [1.82, 2.24) is 25.0 Å². The number of likely N-dealkylation sites (tertiary alicyclic amines) is 2. The molecule has 2 atom stereocenters. The molecular formula is C19H25N5O. The molecular weight excluding hydrogens is 314 g/mol. The van der Waals surface area contributed by atoms with Crippen LogP contribution >= 0.6 is 0 Å². The lowest BCUT2D eigenvalue weighted by molar-refractivity contribution is 0.0781. The van der Waals surface area contributed by atoms with E-state index >= 15 is 0 Å². The first-order valence-corrected chi connectivity index (χ1v) is 9.21. The van der Waals surface area contributed by atoms with Crippen LogP contribution in [0.5, 0.6) is 0 Å². The first-order valence-electron chi connectivity index (χ1n) is 9.21. The molecule has 2 fully saturated rings. The minimum atomic E-state index is 0.168. The number of aromatic nitrogens is 3. The molecule has 3 heterocycles. The molecule has 0 unspecified atom stereocenters. The molecule has 0 saturated carbocycles. The third-order valence-electron chi connectivity index (χ3n) is 5.44. The number of H-pyrrole nitrogens is 1. The number of hydrogen-bond donors (Lipinski definition) is 1. The van der Waals surface area contributed by atoms with Crippen molar-refractivity contribution in [2.75, 3.05) is 32.7 Å². The number of nitrogens with zero attached hydrogens (tertiary/aromatic N) is 4. The number of hydrogen-bond acceptors (Lipinski definition) is 4. The van der Waals surface area contributed by atoms with Gasteiger partial charge in [-0.15, -0.1) is 0 Å². The Labute approximate surface area is 148 Å². The molecule has 6 nitrogen and oxygen atoms in total. The monoisotopic (exact) mass is 339 g/mol. The normalized spacial score (nSPS) is 24.6. The van der Waals surface area contributed by atoms with Crippen molar-refractivity contribution in [2.45, 2.75) is 25.2 Å². The fourth-order valence-corrected chi connectivity index (χ4v) is 4.15. The maximum absolute atomic E-state index is 12.6. The second-order valence-corrected chi connectivity index (χ2v) is 7.24. The summed E-state index contributed by atoms with van der Waals surface area (Å²) in [4.78, 5) is 21.5. The van der Waals surface area contributed by atoms with Crippen LogP contribution in [0.1, 0.15) is 41.4 Å². The fourth-order valence-electron chi connectivity index (χ4n) is 4.15. The number of benzene rings is 1. The van der Waals surface area contributed by atoms with Gasteiger partial charge in [-0.3, -0.25) is 9.89 Å². The number of carbonyl (C=O) groups excluding carboxylic acids is 1. The van der Waals surface area contributed by atoms with E-state index in [2.05, 4.69) is 20.1 Å². The highest BCUT2D eigenvalue weighted by Gasteiger charge is 2.30. The minimum Gasteiger partial charge on any atom is -0.338 e. The molecule has 0 bridgehead atoms.